The monoisotopic (exact) mass is 286 g/mol. The van der Waals surface area contributed by atoms with E-state index in [9.17, 15) is 14.7 Å². The third-order valence-corrected chi connectivity index (χ3v) is 3.59. The summed E-state index contributed by atoms with van der Waals surface area (Å²) in [5.41, 5.74) is -0.653. The van der Waals surface area contributed by atoms with Gasteiger partial charge in [-0.05, 0) is 18.8 Å². The van der Waals surface area contributed by atoms with Gasteiger partial charge >= 0.3 is 5.97 Å². The van der Waals surface area contributed by atoms with Gasteiger partial charge < -0.3 is 15.2 Å². The maximum Gasteiger partial charge on any atom is 0.328 e. The molecule has 1 saturated heterocycles. The summed E-state index contributed by atoms with van der Waals surface area (Å²) in [7, 11) is 1.32. The van der Waals surface area contributed by atoms with Crippen LogP contribution in [0, 0.1) is 5.92 Å². The van der Waals surface area contributed by atoms with E-state index in [0.717, 1.165) is 0 Å². The Morgan fingerprint density at radius 3 is 2.45 bits per heavy atom. The Morgan fingerprint density at radius 2 is 2.00 bits per heavy atom. The number of carbonyl (C=O) groups is 2. The lowest BCUT2D eigenvalue weighted by Gasteiger charge is -2.45. The second kappa shape index (κ2) is 7.04. The first-order valence-electron chi connectivity index (χ1n) is 7.11. The van der Waals surface area contributed by atoms with Crippen LogP contribution in [-0.2, 0) is 14.3 Å². The molecule has 0 bridgehead atoms. The van der Waals surface area contributed by atoms with E-state index in [0.29, 0.717) is 25.9 Å². The van der Waals surface area contributed by atoms with E-state index in [-0.39, 0.29) is 18.4 Å². The molecule has 6 heteroatoms. The molecule has 1 aliphatic rings. The molecule has 0 aromatic rings. The summed E-state index contributed by atoms with van der Waals surface area (Å²) < 4.78 is 4.70. The average Bonchev–Trinajstić information content (AvgIpc) is 2.34. The molecule has 1 amide bonds. The van der Waals surface area contributed by atoms with Crippen LogP contribution in [0.1, 0.15) is 33.6 Å². The van der Waals surface area contributed by atoms with Crippen LogP contribution in [0.15, 0.2) is 0 Å². The van der Waals surface area contributed by atoms with Crippen LogP contribution in [0.3, 0.4) is 0 Å². The summed E-state index contributed by atoms with van der Waals surface area (Å²) in [4.78, 5) is 25.4. The van der Waals surface area contributed by atoms with Crippen LogP contribution in [-0.4, -0.2) is 60.3 Å². The molecular formula is C14H26N2O4. The molecule has 0 spiro atoms. The maximum absolute atomic E-state index is 11.9. The zero-order valence-electron chi connectivity index (χ0n) is 12.8. The number of amides is 1. The SMILES string of the molecule is CCC1(O)CN(CC(=O)NC(CC(C)C)C(=O)OC)C1. The van der Waals surface area contributed by atoms with Crippen molar-refractivity contribution in [3.63, 3.8) is 0 Å². The predicted octanol–water partition coefficient (Wildman–Crippen LogP) is 0.147. The van der Waals surface area contributed by atoms with E-state index >= 15 is 0 Å². The number of carbonyl (C=O) groups excluding carboxylic acids is 2. The highest BCUT2D eigenvalue weighted by Crippen LogP contribution is 2.23. The van der Waals surface area contributed by atoms with Gasteiger partial charge in [0.1, 0.15) is 6.04 Å². The third kappa shape index (κ3) is 4.76. The number of ether oxygens (including phenoxy) is 1. The van der Waals surface area contributed by atoms with Crippen LogP contribution in [0.25, 0.3) is 0 Å². The standard InChI is InChI=1S/C14H26N2O4/c1-5-14(19)8-16(9-14)7-12(17)15-11(6-10(2)3)13(18)20-4/h10-11,19H,5-9H2,1-4H3,(H,15,17). The minimum Gasteiger partial charge on any atom is -0.467 e. The number of β-amino-alcohol motifs (C(OH)–C–C–N with tert-alkyl or cyclic N) is 1. The summed E-state index contributed by atoms with van der Waals surface area (Å²) >= 11 is 0. The first-order valence-corrected chi connectivity index (χ1v) is 7.11. The summed E-state index contributed by atoms with van der Waals surface area (Å²) in [6, 6.07) is -0.598. The van der Waals surface area contributed by atoms with E-state index < -0.39 is 17.6 Å². The smallest absolute Gasteiger partial charge is 0.328 e. The van der Waals surface area contributed by atoms with E-state index in [1.165, 1.54) is 7.11 Å². The van der Waals surface area contributed by atoms with Gasteiger partial charge in [-0.15, -0.1) is 0 Å². The van der Waals surface area contributed by atoms with Gasteiger partial charge in [0.15, 0.2) is 0 Å². The second-order valence-corrected chi connectivity index (χ2v) is 6.00. The van der Waals surface area contributed by atoms with Crippen LogP contribution < -0.4 is 5.32 Å². The zero-order chi connectivity index (χ0) is 15.3. The van der Waals surface area contributed by atoms with Crippen molar-refractivity contribution in [2.24, 2.45) is 5.92 Å². The quantitative estimate of drug-likeness (QED) is 0.651. The van der Waals surface area contributed by atoms with E-state index in [1.807, 2.05) is 25.7 Å². The van der Waals surface area contributed by atoms with Gasteiger partial charge in [-0.25, -0.2) is 4.79 Å². The van der Waals surface area contributed by atoms with Crippen molar-refractivity contribution in [2.75, 3.05) is 26.7 Å². The van der Waals surface area contributed by atoms with Gasteiger partial charge in [-0.2, -0.15) is 0 Å². The molecule has 1 heterocycles. The van der Waals surface area contributed by atoms with Crippen molar-refractivity contribution in [1.29, 1.82) is 0 Å². The fourth-order valence-electron chi connectivity index (χ4n) is 2.39. The molecule has 0 aromatic heterocycles. The Hall–Kier alpha value is -1.14. The highest BCUT2D eigenvalue weighted by molar-refractivity contribution is 5.85. The fraction of sp³-hybridized carbons (Fsp3) is 0.857. The molecule has 6 nitrogen and oxygen atoms in total. The van der Waals surface area contributed by atoms with Crippen LogP contribution in [0.5, 0.6) is 0 Å². The lowest BCUT2D eigenvalue weighted by Crippen LogP contribution is -2.63. The number of esters is 1. The molecule has 0 saturated carbocycles. The van der Waals surface area contributed by atoms with Crippen molar-refractivity contribution in [1.82, 2.24) is 10.2 Å². The maximum atomic E-state index is 11.9. The summed E-state index contributed by atoms with van der Waals surface area (Å²) in [6.07, 6.45) is 1.24. The largest absolute Gasteiger partial charge is 0.467 e. The summed E-state index contributed by atoms with van der Waals surface area (Å²) in [5, 5.41) is 12.6. The summed E-state index contributed by atoms with van der Waals surface area (Å²) in [6.45, 7) is 7.10. The Labute approximate surface area is 120 Å². The molecule has 116 valence electrons. The number of nitrogens with one attached hydrogen (secondary N) is 1. The molecule has 2 N–H and O–H groups in total. The van der Waals surface area contributed by atoms with E-state index in [4.69, 9.17) is 4.74 Å². The fourth-order valence-corrected chi connectivity index (χ4v) is 2.39. The second-order valence-electron chi connectivity index (χ2n) is 6.00. The van der Waals surface area contributed by atoms with Gasteiger partial charge in [-0.3, -0.25) is 9.69 Å². The first kappa shape index (κ1) is 16.9. The Morgan fingerprint density at radius 1 is 1.40 bits per heavy atom. The van der Waals surface area contributed by atoms with Crippen molar-refractivity contribution in [3.05, 3.63) is 0 Å². The van der Waals surface area contributed by atoms with Crippen LogP contribution in [0.4, 0.5) is 0 Å². The van der Waals surface area contributed by atoms with E-state index in [2.05, 4.69) is 5.32 Å². The number of aliphatic hydroxyl groups is 1. The highest BCUT2D eigenvalue weighted by Gasteiger charge is 2.40. The minimum absolute atomic E-state index is 0.202. The molecule has 0 aromatic carbocycles. The van der Waals surface area contributed by atoms with Gasteiger partial charge in [-0.1, -0.05) is 20.8 Å². The molecule has 0 aliphatic carbocycles. The zero-order valence-corrected chi connectivity index (χ0v) is 12.8. The Bertz CT molecular complexity index is 351. The number of rotatable bonds is 7. The number of nitrogens with zero attached hydrogens (tertiary/aromatic N) is 1. The molecule has 0 radical (unpaired) electrons. The molecular weight excluding hydrogens is 260 g/mol. The molecule has 1 unspecified atom stereocenters. The van der Waals surface area contributed by atoms with Gasteiger partial charge in [0.25, 0.3) is 0 Å². The third-order valence-electron chi connectivity index (χ3n) is 3.59. The Balaban J connectivity index is 2.41. The minimum atomic E-state index is -0.653. The molecule has 1 rings (SSSR count). The normalized spacial score (nSPS) is 19.3. The lowest BCUT2D eigenvalue weighted by molar-refractivity contribution is -0.147. The first-order chi connectivity index (χ1) is 9.29. The highest BCUT2D eigenvalue weighted by atomic mass is 16.5. The lowest BCUT2D eigenvalue weighted by atomic mass is 9.91. The summed E-state index contributed by atoms with van der Waals surface area (Å²) in [5.74, 6) is -0.339. The molecule has 1 atom stereocenters. The van der Waals surface area contributed by atoms with Crippen molar-refractivity contribution in [2.45, 2.75) is 45.3 Å². The number of hydrogen-bond donors (Lipinski definition) is 2. The van der Waals surface area contributed by atoms with Crippen LogP contribution in [0.2, 0.25) is 0 Å². The van der Waals surface area contributed by atoms with Crippen molar-refractivity contribution < 1.29 is 19.4 Å². The predicted molar refractivity (Wildman–Crippen MR) is 75.1 cm³/mol. The number of methoxy groups -OCH3 is 1. The molecule has 20 heavy (non-hydrogen) atoms. The number of likely N-dealkylation sites (tertiary alicyclic amines) is 1. The van der Waals surface area contributed by atoms with Gasteiger partial charge in [0, 0.05) is 13.1 Å². The Kier molecular flexibility index (Phi) is 5.95. The molecule has 1 aliphatic heterocycles. The van der Waals surface area contributed by atoms with Gasteiger partial charge in [0.05, 0.1) is 19.3 Å². The van der Waals surface area contributed by atoms with Crippen molar-refractivity contribution in [3.8, 4) is 0 Å². The average molecular weight is 286 g/mol. The van der Waals surface area contributed by atoms with Crippen LogP contribution >= 0.6 is 0 Å². The van der Waals surface area contributed by atoms with Crippen molar-refractivity contribution >= 4 is 11.9 Å². The topological polar surface area (TPSA) is 78.9 Å². The number of hydrogen-bond acceptors (Lipinski definition) is 5. The van der Waals surface area contributed by atoms with E-state index in [1.54, 1.807) is 0 Å². The van der Waals surface area contributed by atoms with Gasteiger partial charge in [0.2, 0.25) is 5.91 Å². The molecule has 1 fully saturated rings.